The molecule has 0 saturated carbocycles. The second kappa shape index (κ2) is 10.6. The number of hydrogen-bond acceptors (Lipinski definition) is 4. The van der Waals surface area contributed by atoms with E-state index in [0.29, 0.717) is 0 Å². The van der Waals surface area contributed by atoms with E-state index in [-0.39, 0.29) is 22.5 Å². The number of benzene rings is 3. The Kier molecular flexibility index (Phi) is 7.61. The maximum absolute atomic E-state index is 13.8. The Morgan fingerprint density at radius 2 is 1.06 bits per heavy atom. The molecule has 0 saturated heterocycles. The van der Waals surface area contributed by atoms with Crippen LogP contribution in [0.1, 0.15) is 20.7 Å². The van der Waals surface area contributed by atoms with Crippen LogP contribution in [0, 0.1) is 11.6 Å². The van der Waals surface area contributed by atoms with Crippen LogP contribution in [0.2, 0.25) is 0 Å². The van der Waals surface area contributed by atoms with Crippen molar-refractivity contribution in [3.63, 3.8) is 0 Å². The summed E-state index contributed by atoms with van der Waals surface area (Å²) in [5.74, 6) is -5.12. The van der Waals surface area contributed by atoms with Gasteiger partial charge < -0.3 is 20.1 Å². The molecule has 178 valence electrons. The smallest absolute Gasteiger partial charge is 0.387 e. The largest absolute Gasteiger partial charge is 0.432 e. The first-order chi connectivity index (χ1) is 16.1. The van der Waals surface area contributed by atoms with Gasteiger partial charge in [0, 0.05) is 34.6 Å². The zero-order chi connectivity index (χ0) is 24.8. The summed E-state index contributed by atoms with van der Waals surface area (Å²) < 4.78 is 84.5. The first-order valence-electron chi connectivity index (χ1n) is 9.34. The minimum absolute atomic E-state index is 0.00664. The molecule has 3 aromatic carbocycles. The fourth-order valence-corrected chi connectivity index (χ4v) is 2.75. The van der Waals surface area contributed by atoms with Crippen LogP contribution in [0.25, 0.3) is 0 Å². The van der Waals surface area contributed by atoms with Crippen LogP contribution in [0.4, 0.5) is 37.7 Å². The molecule has 6 nitrogen and oxygen atoms in total. The molecular weight excluding hydrogens is 470 g/mol. The highest BCUT2D eigenvalue weighted by Gasteiger charge is 2.15. The van der Waals surface area contributed by atoms with Crippen LogP contribution in [-0.2, 0) is 0 Å². The van der Waals surface area contributed by atoms with E-state index in [1.165, 1.54) is 24.3 Å². The average molecular weight is 484 g/mol. The van der Waals surface area contributed by atoms with Crippen LogP contribution in [0.15, 0.2) is 60.7 Å². The second-order valence-electron chi connectivity index (χ2n) is 6.54. The fraction of sp³-hybridized carbons (Fsp3) is 0.0909. The number of anilines is 2. The first kappa shape index (κ1) is 24.4. The van der Waals surface area contributed by atoms with E-state index in [9.17, 15) is 35.9 Å². The number of rotatable bonds is 8. The van der Waals surface area contributed by atoms with Gasteiger partial charge in [0.05, 0.1) is 0 Å². The van der Waals surface area contributed by atoms with Crippen molar-refractivity contribution in [2.75, 3.05) is 10.6 Å². The van der Waals surface area contributed by atoms with Crippen LogP contribution in [0.3, 0.4) is 0 Å². The number of halogens is 6. The first-order valence-corrected chi connectivity index (χ1v) is 9.34. The van der Waals surface area contributed by atoms with E-state index in [4.69, 9.17) is 0 Å². The Morgan fingerprint density at radius 1 is 0.647 bits per heavy atom. The van der Waals surface area contributed by atoms with Gasteiger partial charge in [-0.15, -0.1) is 0 Å². The lowest BCUT2D eigenvalue weighted by Gasteiger charge is -2.11. The summed E-state index contributed by atoms with van der Waals surface area (Å²) in [6, 6.07) is 11.0. The van der Waals surface area contributed by atoms with Crippen LogP contribution in [0.5, 0.6) is 11.5 Å². The van der Waals surface area contributed by atoms with E-state index in [0.717, 1.165) is 36.4 Å². The normalized spacial score (nSPS) is 10.8. The van der Waals surface area contributed by atoms with Gasteiger partial charge >= 0.3 is 13.2 Å². The molecule has 0 unspecified atom stereocenters. The highest BCUT2D eigenvalue weighted by atomic mass is 19.3. The lowest BCUT2D eigenvalue weighted by Crippen LogP contribution is -2.16. The quantitative estimate of drug-likeness (QED) is 0.404. The molecule has 0 aliphatic heterocycles. The third-order valence-electron chi connectivity index (χ3n) is 4.20. The predicted octanol–water partition coefficient (Wildman–Crippen LogP) is 5.67. The maximum Gasteiger partial charge on any atom is 0.387 e. The summed E-state index contributed by atoms with van der Waals surface area (Å²) in [6.45, 7) is -6.44. The Labute approximate surface area is 188 Å². The topological polar surface area (TPSA) is 76.7 Å². The van der Waals surface area contributed by atoms with E-state index < -0.39 is 48.2 Å². The van der Waals surface area contributed by atoms with Crippen molar-refractivity contribution in [3.05, 3.63) is 83.4 Å². The molecule has 0 radical (unpaired) electrons. The Balaban J connectivity index is 1.69. The van der Waals surface area contributed by atoms with Crippen molar-refractivity contribution in [1.29, 1.82) is 0 Å². The molecule has 3 aromatic rings. The summed E-state index contributed by atoms with van der Waals surface area (Å²) in [6.07, 6.45) is 0. The molecule has 34 heavy (non-hydrogen) atoms. The molecule has 12 heteroatoms. The Bertz CT molecular complexity index is 1120. The summed E-state index contributed by atoms with van der Waals surface area (Å²) in [5.41, 5.74) is -0.123. The van der Waals surface area contributed by atoms with Crippen molar-refractivity contribution in [2.45, 2.75) is 13.2 Å². The number of amides is 2. The average Bonchev–Trinajstić information content (AvgIpc) is 2.77. The van der Waals surface area contributed by atoms with Crippen molar-refractivity contribution < 1.29 is 45.4 Å². The highest BCUT2D eigenvalue weighted by molar-refractivity contribution is 6.08. The number of ether oxygens (including phenoxy) is 2. The van der Waals surface area contributed by atoms with Crippen molar-refractivity contribution in [2.24, 2.45) is 0 Å². The van der Waals surface area contributed by atoms with Gasteiger partial charge in [0.25, 0.3) is 11.8 Å². The van der Waals surface area contributed by atoms with E-state index in [2.05, 4.69) is 20.1 Å². The summed E-state index contributed by atoms with van der Waals surface area (Å²) in [7, 11) is 0. The number of nitrogens with one attached hydrogen (secondary N) is 2. The van der Waals surface area contributed by atoms with Gasteiger partial charge in [-0.1, -0.05) is 6.07 Å². The molecule has 3 rings (SSSR count). The van der Waals surface area contributed by atoms with Crippen molar-refractivity contribution in [1.82, 2.24) is 0 Å². The molecule has 2 N–H and O–H groups in total. The number of carbonyl (C=O) groups is 2. The molecular formula is C22H14F6N2O4. The lowest BCUT2D eigenvalue weighted by atomic mass is 10.1. The zero-order valence-corrected chi connectivity index (χ0v) is 16.8. The van der Waals surface area contributed by atoms with Crippen molar-refractivity contribution in [3.8, 4) is 11.5 Å². The highest BCUT2D eigenvalue weighted by Crippen LogP contribution is 2.24. The second-order valence-corrected chi connectivity index (χ2v) is 6.54. The Hall–Kier alpha value is -4.22. The summed E-state index contributed by atoms with van der Waals surface area (Å²) in [5, 5.41) is 4.69. The standard InChI is InChI=1S/C22H14F6N2O4/c23-15-9-13(4-6-17(15)33-21(25)26)29-19(31)11-2-1-3-12(8-11)20(32)30-14-5-7-18(16(24)10-14)34-22(27)28/h1-10,21-22H,(H,29,31)(H,30,32). The number of alkyl halides is 4. The minimum Gasteiger partial charge on any atom is -0.432 e. The molecule has 0 aromatic heterocycles. The summed E-state index contributed by atoms with van der Waals surface area (Å²) in [4.78, 5) is 24.9. The van der Waals surface area contributed by atoms with Crippen LogP contribution in [-0.4, -0.2) is 25.0 Å². The van der Waals surface area contributed by atoms with Gasteiger partial charge in [0.2, 0.25) is 0 Å². The molecule has 0 atom stereocenters. The molecule has 2 amide bonds. The molecule has 0 spiro atoms. The minimum atomic E-state index is -3.22. The van der Waals surface area contributed by atoms with E-state index in [1.807, 2.05) is 0 Å². The van der Waals surface area contributed by atoms with Crippen LogP contribution >= 0.6 is 0 Å². The molecule has 0 fully saturated rings. The van der Waals surface area contributed by atoms with Gasteiger partial charge in [0.1, 0.15) is 0 Å². The van der Waals surface area contributed by atoms with Gasteiger partial charge in [0.15, 0.2) is 23.1 Å². The maximum atomic E-state index is 13.8. The van der Waals surface area contributed by atoms with Crippen LogP contribution < -0.4 is 20.1 Å². The third-order valence-corrected chi connectivity index (χ3v) is 4.20. The summed E-state index contributed by atoms with van der Waals surface area (Å²) >= 11 is 0. The number of hydrogen-bond donors (Lipinski definition) is 2. The predicted molar refractivity (Wildman–Crippen MR) is 108 cm³/mol. The zero-order valence-electron chi connectivity index (χ0n) is 16.8. The van der Waals surface area contributed by atoms with Gasteiger partial charge in [-0.25, -0.2) is 8.78 Å². The molecule has 0 bridgehead atoms. The molecule has 0 aliphatic rings. The lowest BCUT2D eigenvalue weighted by molar-refractivity contribution is -0.0527. The SMILES string of the molecule is O=C(Nc1ccc(OC(F)F)c(F)c1)c1cccc(C(=O)Nc2ccc(OC(F)F)c(F)c2)c1. The molecule has 0 aliphatic carbocycles. The Morgan fingerprint density at radius 3 is 1.41 bits per heavy atom. The monoisotopic (exact) mass is 484 g/mol. The fourth-order valence-electron chi connectivity index (χ4n) is 2.75. The van der Waals surface area contributed by atoms with Gasteiger partial charge in [-0.2, -0.15) is 17.6 Å². The number of carbonyl (C=O) groups excluding carboxylic acids is 2. The van der Waals surface area contributed by atoms with E-state index >= 15 is 0 Å². The molecule has 0 heterocycles. The van der Waals surface area contributed by atoms with E-state index in [1.54, 1.807) is 0 Å². The van der Waals surface area contributed by atoms with Crippen molar-refractivity contribution >= 4 is 23.2 Å². The van der Waals surface area contributed by atoms with Gasteiger partial charge in [-0.05, 0) is 42.5 Å². The van der Waals surface area contributed by atoms with Gasteiger partial charge in [-0.3, -0.25) is 9.59 Å². The third kappa shape index (κ3) is 6.40.